The zero-order chi connectivity index (χ0) is 17.7. The number of carbonyl (C=O) groups is 3. The molecule has 3 N–H and O–H groups in total. The minimum absolute atomic E-state index is 0.0331. The van der Waals surface area contributed by atoms with E-state index in [1.165, 1.54) is 18.3 Å². The molecule has 0 unspecified atom stereocenters. The van der Waals surface area contributed by atoms with Crippen molar-refractivity contribution in [2.24, 2.45) is 5.10 Å². The van der Waals surface area contributed by atoms with Gasteiger partial charge in [-0.15, -0.1) is 0 Å². The summed E-state index contributed by atoms with van der Waals surface area (Å²) in [6.45, 7) is -0.584. The molecule has 0 spiro atoms. The molecule has 1 aliphatic carbocycles. The highest BCUT2D eigenvalue weighted by molar-refractivity contribution is 6.37. The third-order valence-corrected chi connectivity index (χ3v) is 3.42. The number of benzene rings is 1. The fraction of sp³-hybridized carbons (Fsp3) is 0.286. The summed E-state index contributed by atoms with van der Waals surface area (Å²) in [6.07, 6.45) is 2.98. The number of halogens is 2. The number of amides is 2. The lowest BCUT2D eigenvalue weighted by Crippen LogP contribution is -2.38. The molecule has 1 aromatic rings. The van der Waals surface area contributed by atoms with E-state index in [1.54, 1.807) is 0 Å². The summed E-state index contributed by atoms with van der Waals surface area (Å²) in [5.41, 5.74) is 2.51. The first-order chi connectivity index (χ1) is 11.4. The lowest BCUT2D eigenvalue weighted by Gasteiger charge is -2.08. The van der Waals surface area contributed by atoms with Crippen LogP contribution in [0.25, 0.3) is 0 Å². The van der Waals surface area contributed by atoms with Crippen LogP contribution >= 0.6 is 23.2 Å². The van der Waals surface area contributed by atoms with Gasteiger partial charge < -0.3 is 15.2 Å². The molecule has 2 rings (SSSR count). The van der Waals surface area contributed by atoms with Crippen LogP contribution in [0.4, 0.5) is 0 Å². The van der Waals surface area contributed by atoms with Crippen molar-refractivity contribution >= 4 is 47.2 Å². The van der Waals surface area contributed by atoms with E-state index in [0.29, 0.717) is 5.56 Å². The summed E-state index contributed by atoms with van der Waals surface area (Å²) in [4.78, 5) is 33.4. The van der Waals surface area contributed by atoms with Crippen LogP contribution in [0.3, 0.4) is 0 Å². The Balaban J connectivity index is 1.95. The van der Waals surface area contributed by atoms with Gasteiger partial charge >= 0.3 is 17.8 Å². The maximum absolute atomic E-state index is 11.5. The molecule has 1 fully saturated rings. The normalized spacial score (nSPS) is 13.6. The van der Waals surface area contributed by atoms with Crippen molar-refractivity contribution in [1.29, 1.82) is 0 Å². The quantitative estimate of drug-likeness (QED) is 0.393. The Kier molecular flexibility index (Phi) is 5.99. The van der Waals surface area contributed by atoms with Gasteiger partial charge in [-0.25, -0.2) is 10.2 Å². The summed E-state index contributed by atoms with van der Waals surface area (Å²) in [6, 6.07) is 2.91. The predicted molar refractivity (Wildman–Crippen MR) is 86.5 cm³/mol. The first kappa shape index (κ1) is 18.0. The lowest BCUT2D eigenvalue weighted by atomic mass is 10.2. The summed E-state index contributed by atoms with van der Waals surface area (Å²) < 4.78 is 4.97. The van der Waals surface area contributed by atoms with Gasteiger partial charge in [-0.3, -0.25) is 9.59 Å². The number of hydrogen-bond acceptors (Lipinski definition) is 5. The smallest absolute Gasteiger partial charge is 0.341 e. The minimum atomic E-state index is -1.17. The van der Waals surface area contributed by atoms with E-state index in [1.807, 2.05) is 0 Å². The third kappa shape index (κ3) is 5.39. The second kappa shape index (κ2) is 7.98. The Morgan fingerprint density at radius 3 is 2.42 bits per heavy atom. The SMILES string of the molecule is O=C(O)COc1c(Cl)cc(/C=N\NC(=O)C(=O)NC2CC2)cc1Cl. The second-order valence-corrected chi connectivity index (χ2v) is 5.76. The lowest BCUT2D eigenvalue weighted by molar-refractivity contribution is -0.139. The molecule has 1 saturated carbocycles. The van der Waals surface area contributed by atoms with Crippen molar-refractivity contribution in [3.63, 3.8) is 0 Å². The van der Waals surface area contributed by atoms with Crippen molar-refractivity contribution in [3.8, 4) is 5.75 Å². The van der Waals surface area contributed by atoms with Gasteiger partial charge in [-0.1, -0.05) is 23.2 Å². The molecule has 0 aliphatic heterocycles. The van der Waals surface area contributed by atoms with E-state index in [9.17, 15) is 14.4 Å². The standard InChI is InChI=1S/C14H13Cl2N3O5/c15-9-3-7(4-10(16)12(9)24-6-11(20)21)5-17-19-14(23)13(22)18-8-1-2-8/h3-5,8H,1-2,6H2,(H,18,22)(H,19,23)(H,20,21)/b17-5-. The highest BCUT2D eigenvalue weighted by atomic mass is 35.5. The Bertz CT molecular complexity index is 681. The van der Waals surface area contributed by atoms with Gasteiger partial charge in [0, 0.05) is 6.04 Å². The van der Waals surface area contributed by atoms with E-state index in [2.05, 4.69) is 15.8 Å². The number of carboxylic acids is 1. The van der Waals surface area contributed by atoms with Gasteiger partial charge in [0.2, 0.25) is 0 Å². The molecule has 1 aliphatic rings. The second-order valence-electron chi connectivity index (χ2n) is 4.94. The molecule has 8 nitrogen and oxygen atoms in total. The highest BCUT2D eigenvalue weighted by Gasteiger charge is 2.26. The van der Waals surface area contributed by atoms with Crippen molar-refractivity contribution in [2.45, 2.75) is 18.9 Å². The van der Waals surface area contributed by atoms with E-state index in [4.69, 9.17) is 33.0 Å². The van der Waals surface area contributed by atoms with Crippen LogP contribution in [0.1, 0.15) is 18.4 Å². The van der Waals surface area contributed by atoms with Crippen molar-refractivity contribution < 1.29 is 24.2 Å². The minimum Gasteiger partial charge on any atom is -0.479 e. The maximum Gasteiger partial charge on any atom is 0.341 e. The van der Waals surface area contributed by atoms with Gasteiger partial charge in [0.15, 0.2) is 12.4 Å². The van der Waals surface area contributed by atoms with E-state index < -0.39 is 24.4 Å². The molecular weight excluding hydrogens is 361 g/mol. The van der Waals surface area contributed by atoms with Crippen LogP contribution in [0.15, 0.2) is 17.2 Å². The molecule has 0 bridgehead atoms. The number of hydrazone groups is 1. The van der Waals surface area contributed by atoms with Crippen LogP contribution < -0.4 is 15.5 Å². The Labute approximate surface area is 146 Å². The molecular formula is C14H13Cl2N3O5. The Hall–Kier alpha value is -2.32. The summed E-state index contributed by atoms with van der Waals surface area (Å²) in [5.74, 6) is -2.76. The molecule has 128 valence electrons. The van der Waals surface area contributed by atoms with Gasteiger partial charge in [-0.2, -0.15) is 5.10 Å². The molecule has 1 aromatic carbocycles. The van der Waals surface area contributed by atoms with Gasteiger partial charge in [0.05, 0.1) is 16.3 Å². The number of carboxylic acid groups (broad SMARTS) is 1. The van der Waals surface area contributed by atoms with Crippen LogP contribution in [0.2, 0.25) is 10.0 Å². The first-order valence-corrected chi connectivity index (χ1v) is 7.60. The molecule has 10 heteroatoms. The molecule has 0 saturated heterocycles. The molecule has 24 heavy (non-hydrogen) atoms. The number of carbonyl (C=O) groups excluding carboxylic acids is 2. The average Bonchev–Trinajstić information content (AvgIpc) is 3.29. The largest absolute Gasteiger partial charge is 0.479 e. The van der Waals surface area contributed by atoms with Crippen molar-refractivity contribution in [1.82, 2.24) is 10.7 Å². The zero-order valence-corrected chi connectivity index (χ0v) is 13.7. The highest BCUT2D eigenvalue weighted by Crippen LogP contribution is 2.33. The average molecular weight is 374 g/mol. The summed E-state index contributed by atoms with van der Waals surface area (Å²) in [5, 5.41) is 14.9. The van der Waals surface area contributed by atoms with E-state index in [-0.39, 0.29) is 21.8 Å². The number of hydrogen-bond donors (Lipinski definition) is 3. The number of aliphatic carboxylic acids is 1. The van der Waals surface area contributed by atoms with Gasteiger partial charge in [0.25, 0.3) is 0 Å². The first-order valence-electron chi connectivity index (χ1n) is 6.84. The topological polar surface area (TPSA) is 117 Å². The van der Waals surface area contributed by atoms with Crippen LogP contribution in [-0.4, -0.2) is 41.8 Å². The Morgan fingerprint density at radius 1 is 1.25 bits per heavy atom. The van der Waals surface area contributed by atoms with Gasteiger partial charge in [-0.05, 0) is 30.5 Å². The fourth-order valence-electron chi connectivity index (χ4n) is 1.62. The van der Waals surface area contributed by atoms with Crippen LogP contribution in [-0.2, 0) is 14.4 Å². The predicted octanol–water partition coefficient (Wildman–Crippen LogP) is 1.19. The van der Waals surface area contributed by atoms with Crippen LogP contribution in [0.5, 0.6) is 5.75 Å². The number of nitrogens with zero attached hydrogens (tertiary/aromatic N) is 1. The van der Waals surface area contributed by atoms with Gasteiger partial charge in [0.1, 0.15) is 0 Å². The van der Waals surface area contributed by atoms with Crippen molar-refractivity contribution in [3.05, 3.63) is 27.7 Å². The molecule has 2 amide bonds. The number of ether oxygens (including phenoxy) is 1. The van der Waals surface area contributed by atoms with Crippen LogP contribution in [0, 0.1) is 0 Å². The number of nitrogens with one attached hydrogen (secondary N) is 2. The summed E-state index contributed by atoms with van der Waals surface area (Å²) in [7, 11) is 0. The molecule has 0 radical (unpaired) electrons. The zero-order valence-electron chi connectivity index (χ0n) is 12.2. The molecule has 0 heterocycles. The fourth-order valence-corrected chi connectivity index (χ4v) is 2.23. The van der Waals surface area contributed by atoms with Crippen molar-refractivity contribution in [2.75, 3.05) is 6.61 Å². The Morgan fingerprint density at radius 2 is 1.88 bits per heavy atom. The molecule has 0 aromatic heterocycles. The van der Waals surface area contributed by atoms with E-state index in [0.717, 1.165) is 12.8 Å². The monoisotopic (exact) mass is 373 g/mol. The maximum atomic E-state index is 11.5. The summed E-state index contributed by atoms with van der Waals surface area (Å²) >= 11 is 11.9. The number of rotatable bonds is 6. The van der Waals surface area contributed by atoms with E-state index >= 15 is 0 Å². The third-order valence-electron chi connectivity index (χ3n) is 2.86. The molecule has 0 atom stereocenters.